The molecule has 0 aliphatic rings. The molecule has 1 aromatic heterocycles. The van der Waals surface area contributed by atoms with Gasteiger partial charge in [-0.3, -0.25) is 4.79 Å². The second-order valence-corrected chi connectivity index (χ2v) is 7.78. The lowest BCUT2D eigenvalue weighted by atomic mass is 10.1. The van der Waals surface area contributed by atoms with E-state index in [0.717, 1.165) is 22.2 Å². The molecule has 0 radical (unpaired) electrons. The molecule has 0 saturated carbocycles. The normalized spacial score (nSPS) is 11.3. The van der Waals surface area contributed by atoms with Crippen LogP contribution in [0.5, 0.6) is 17.4 Å². The largest absolute Gasteiger partial charge is 0.497 e. The van der Waals surface area contributed by atoms with Crippen LogP contribution in [0.25, 0.3) is 23.1 Å². The lowest BCUT2D eigenvalue weighted by molar-refractivity contribution is 0.104. The highest BCUT2D eigenvalue weighted by molar-refractivity contribution is 6.04. The van der Waals surface area contributed by atoms with Crippen molar-refractivity contribution < 1.29 is 14.3 Å². The summed E-state index contributed by atoms with van der Waals surface area (Å²) in [6, 6.07) is 22.4. The molecule has 170 valence electrons. The molecular formula is C28H25N3O3. The molecule has 3 aromatic carbocycles. The van der Waals surface area contributed by atoms with Crippen molar-refractivity contribution in [3.8, 4) is 17.4 Å². The van der Waals surface area contributed by atoms with Gasteiger partial charge < -0.3 is 14.4 Å². The first-order valence-electron chi connectivity index (χ1n) is 10.8. The highest BCUT2D eigenvalue weighted by Gasteiger charge is 2.10. The number of aromatic nitrogens is 2. The average molecular weight is 452 g/mol. The monoisotopic (exact) mass is 451 g/mol. The number of carbonyl (C=O) groups excluding carboxylic acids is 1. The van der Waals surface area contributed by atoms with Crippen molar-refractivity contribution in [2.45, 2.75) is 0 Å². The second kappa shape index (κ2) is 10.4. The summed E-state index contributed by atoms with van der Waals surface area (Å²) in [6.07, 6.45) is 7.05. The number of hydrogen-bond acceptors (Lipinski definition) is 6. The zero-order chi connectivity index (χ0) is 23.9. The predicted octanol–water partition coefficient (Wildman–Crippen LogP) is 5.86. The van der Waals surface area contributed by atoms with Crippen LogP contribution >= 0.6 is 0 Å². The molecule has 0 aliphatic heterocycles. The van der Waals surface area contributed by atoms with Gasteiger partial charge in [-0.05, 0) is 60.2 Å². The lowest BCUT2D eigenvalue weighted by Crippen LogP contribution is -2.03. The van der Waals surface area contributed by atoms with Crippen LogP contribution in [0.3, 0.4) is 0 Å². The average Bonchev–Trinajstić information content (AvgIpc) is 2.86. The standard InChI is InChI=1S/C28H25N3O3/c1-31(2)19-18-26(32)21-11-15-23(16-12-21)34-28-24-6-4-5-7-25(24)29-27(30-28)17-10-20-8-13-22(33-3)14-9-20/h4-19H,1-3H3/b17-10+,19-18+. The number of methoxy groups -OCH3 is 1. The summed E-state index contributed by atoms with van der Waals surface area (Å²) in [5.74, 6) is 2.30. The second-order valence-electron chi connectivity index (χ2n) is 7.78. The van der Waals surface area contributed by atoms with Gasteiger partial charge in [-0.1, -0.05) is 30.3 Å². The van der Waals surface area contributed by atoms with Gasteiger partial charge in [0.1, 0.15) is 11.5 Å². The molecule has 0 saturated heterocycles. The Bertz CT molecular complexity index is 1340. The van der Waals surface area contributed by atoms with E-state index in [0.29, 0.717) is 23.0 Å². The van der Waals surface area contributed by atoms with E-state index in [2.05, 4.69) is 9.97 Å². The van der Waals surface area contributed by atoms with E-state index in [1.807, 2.05) is 79.7 Å². The molecule has 4 rings (SSSR count). The summed E-state index contributed by atoms with van der Waals surface area (Å²) in [5, 5.41) is 0.804. The van der Waals surface area contributed by atoms with Gasteiger partial charge in [0.25, 0.3) is 0 Å². The zero-order valence-corrected chi connectivity index (χ0v) is 19.3. The molecule has 4 aromatic rings. The maximum absolute atomic E-state index is 12.3. The van der Waals surface area contributed by atoms with E-state index in [1.54, 1.807) is 37.6 Å². The number of para-hydroxylation sites is 1. The van der Waals surface area contributed by atoms with E-state index in [-0.39, 0.29) is 5.78 Å². The van der Waals surface area contributed by atoms with Crippen LogP contribution in [0.1, 0.15) is 21.7 Å². The molecule has 0 bridgehead atoms. The van der Waals surface area contributed by atoms with Crippen molar-refractivity contribution in [2.24, 2.45) is 0 Å². The summed E-state index contributed by atoms with van der Waals surface area (Å²) < 4.78 is 11.3. The predicted molar refractivity (Wildman–Crippen MR) is 135 cm³/mol. The number of fused-ring (bicyclic) bond motifs is 1. The first-order chi connectivity index (χ1) is 16.5. The minimum atomic E-state index is -0.0707. The van der Waals surface area contributed by atoms with Gasteiger partial charge >= 0.3 is 0 Å². The molecule has 0 fully saturated rings. The fourth-order valence-electron chi connectivity index (χ4n) is 3.21. The van der Waals surface area contributed by atoms with Crippen LogP contribution in [0.2, 0.25) is 0 Å². The third-order valence-electron chi connectivity index (χ3n) is 5.00. The van der Waals surface area contributed by atoms with Crippen LogP contribution < -0.4 is 9.47 Å². The zero-order valence-electron chi connectivity index (χ0n) is 19.3. The molecule has 6 heteroatoms. The Hall–Kier alpha value is -4.45. The minimum Gasteiger partial charge on any atom is -0.497 e. The number of ketones is 1. The van der Waals surface area contributed by atoms with Crippen molar-refractivity contribution in [1.82, 2.24) is 14.9 Å². The molecule has 6 nitrogen and oxygen atoms in total. The van der Waals surface area contributed by atoms with Crippen LogP contribution in [0.15, 0.2) is 85.1 Å². The van der Waals surface area contributed by atoms with Crippen molar-refractivity contribution in [3.05, 3.63) is 102 Å². The van der Waals surface area contributed by atoms with Crippen molar-refractivity contribution in [3.63, 3.8) is 0 Å². The van der Waals surface area contributed by atoms with Crippen molar-refractivity contribution >= 4 is 28.8 Å². The number of rotatable bonds is 8. The number of carbonyl (C=O) groups is 1. The van der Waals surface area contributed by atoms with E-state index >= 15 is 0 Å². The number of allylic oxidation sites excluding steroid dienone is 1. The Morgan fingerprint density at radius 3 is 2.26 bits per heavy atom. The highest BCUT2D eigenvalue weighted by atomic mass is 16.5. The first-order valence-corrected chi connectivity index (χ1v) is 10.8. The van der Waals surface area contributed by atoms with E-state index in [9.17, 15) is 4.79 Å². The maximum atomic E-state index is 12.3. The van der Waals surface area contributed by atoms with Gasteiger partial charge in [-0.15, -0.1) is 0 Å². The van der Waals surface area contributed by atoms with Gasteiger partial charge in [0.15, 0.2) is 11.6 Å². The van der Waals surface area contributed by atoms with Gasteiger partial charge in [-0.25, -0.2) is 4.98 Å². The number of hydrogen-bond donors (Lipinski definition) is 0. The summed E-state index contributed by atoms with van der Waals surface area (Å²) in [7, 11) is 5.38. The van der Waals surface area contributed by atoms with Gasteiger partial charge in [0.05, 0.1) is 18.0 Å². The SMILES string of the molecule is COc1ccc(/C=C/c2nc(Oc3ccc(C(=O)/C=C/N(C)C)cc3)c3ccccc3n2)cc1. The van der Waals surface area contributed by atoms with Crippen molar-refractivity contribution in [2.75, 3.05) is 21.2 Å². The third kappa shape index (κ3) is 5.66. The van der Waals surface area contributed by atoms with E-state index in [4.69, 9.17) is 9.47 Å². The van der Waals surface area contributed by atoms with Crippen LogP contribution in [0, 0.1) is 0 Å². The number of benzene rings is 3. The summed E-state index contributed by atoms with van der Waals surface area (Å²) in [6.45, 7) is 0. The van der Waals surface area contributed by atoms with Gasteiger partial charge in [0.2, 0.25) is 5.88 Å². The fourth-order valence-corrected chi connectivity index (χ4v) is 3.21. The number of nitrogens with zero attached hydrogens (tertiary/aromatic N) is 3. The quantitative estimate of drug-likeness (QED) is 0.247. The Labute approximate surface area is 198 Å². The molecule has 1 heterocycles. The van der Waals surface area contributed by atoms with Crippen LogP contribution in [0.4, 0.5) is 0 Å². The summed E-state index contributed by atoms with van der Waals surface area (Å²) in [4.78, 5) is 23.4. The van der Waals surface area contributed by atoms with E-state index < -0.39 is 0 Å². The molecule has 0 aliphatic carbocycles. The van der Waals surface area contributed by atoms with Crippen molar-refractivity contribution in [1.29, 1.82) is 0 Å². The highest BCUT2D eigenvalue weighted by Crippen LogP contribution is 2.28. The molecule has 0 N–H and O–H groups in total. The van der Waals surface area contributed by atoms with Gasteiger partial charge in [-0.2, -0.15) is 4.98 Å². The molecule has 0 amide bonds. The van der Waals surface area contributed by atoms with Crippen LogP contribution in [-0.2, 0) is 0 Å². The third-order valence-corrected chi connectivity index (χ3v) is 5.00. The minimum absolute atomic E-state index is 0.0707. The lowest BCUT2D eigenvalue weighted by Gasteiger charge is -2.09. The Morgan fingerprint density at radius 2 is 1.56 bits per heavy atom. The summed E-state index contributed by atoms with van der Waals surface area (Å²) >= 11 is 0. The Morgan fingerprint density at radius 1 is 0.853 bits per heavy atom. The van der Waals surface area contributed by atoms with E-state index in [1.165, 1.54) is 6.08 Å². The smallest absolute Gasteiger partial charge is 0.230 e. The first kappa shape index (κ1) is 22.7. The number of ether oxygens (including phenoxy) is 2. The molecule has 0 unspecified atom stereocenters. The molecular weight excluding hydrogens is 426 g/mol. The topological polar surface area (TPSA) is 64.6 Å². The van der Waals surface area contributed by atoms with Crippen LogP contribution in [-0.4, -0.2) is 41.9 Å². The molecule has 0 spiro atoms. The maximum Gasteiger partial charge on any atom is 0.230 e. The Balaban J connectivity index is 1.59. The molecule has 34 heavy (non-hydrogen) atoms. The van der Waals surface area contributed by atoms with Gasteiger partial charge in [0, 0.05) is 31.9 Å². The summed E-state index contributed by atoms with van der Waals surface area (Å²) in [5.41, 5.74) is 2.37. The fraction of sp³-hybridized carbons (Fsp3) is 0.107. The Kier molecular flexibility index (Phi) is 6.98. The molecule has 0 atom stereocenters.